The van der Waals surface area contributed by atoms with Crippen LogP contribution in [0.5, 0.6) is 0 Å². The van der Waals surface area contributed by atoms with Gasteiger partial charge in [0.05, 0.1) is 0 Å². The minimum absolute atomic E-state index is 0.0937. The van der Waals surface area contributed by atoms with Crippen molar-refractivity contribution >= 4 is 23.5 Å². The number of alkyl halides is 1. The number of halogens is 1. The van der Waals surface area contributed by atoms with Crippen LogP contribution in [0.3, 0.4) is 0 Å². The van der Waals surface area contributed by atoms with Gasteiger partial charge in [-0.2, -0.15) is 15.0 Å². The molecule has 1 aromatic heterocycles. The molecule has 1 aromatic rings. The minimum Gasteiger partial charge on any atom is -0.368 e. The first-order valence-electron chi connectivity index (χ1n) is 4.58. The lowest BCUT2D eigenvalue weighted by molar-refractivity contribution is 0.671. The molecule has 1 saturated carbocycles. The Hall–Kier alpha value is -1.10. The zero-order chi connectivity index (χ0) is 10.1. The summed E-state index contributed by atoms with van der Waals surface area (Å²) >= 11 is 6.14. The summed E-state index contributed by atoms with van der Waals surface area (Å²) in [5, 5.41) is 0.0937. The molecule has 0 bridgehead atoms. The average Bonchev–Trinajstić information content (AvgIpc) is 2.49. The van der Waals surface area contributed by atoms with Gasteiger partial charge in [-0.1, -0.05) is 6.42 Å². The fourth-order valence-corrected chi connectivity index (χ4v) is 2.19. The van der Waals surface area contributed by atoms with Gasteiger partial charge < -0.3 is 11.5 Å². The quantitative estimate of drug-likeness (QED) is 0.677. The van der Waals surface area contributed by atoms with Crippen molar-refractivity contribution in [2.75, 3.05) is 11.5 Å². The second kappa shape index (κ2) is 3.57. The molecular weight excluding hydrogens is 202 g/mol. The first-order chi connectivity index (χ1) is 6.66. The molecule has 76 valence electrons. The molecule has 0 saturated heterocycles. The van der Waals surface area contributed by atoms with Crippen LogP contribution >= 0.6 is 11.6 Å². The molecule has 1 heterocycles. The summed E-state index contributed by atoms with van der Waals surface area (Å²) in [6.07, 6.45) is 3.10. The highest BCUT2D eigenvalue weighted by Crippen LogP contribution is 2.36. The van der Waals surface area contributed by atoms with Crippen LogP contribution in [0, 0.1) is 0 Å². The summed E-state index contributed by atoms with van der Waals surface area (Å²) < 4.78 is 0. The van der Waals surface area contributed by atoms with Gasteiger partial charge >= 0.3 is 0 Å². The van der Waals surface area contributed by atoms with Crippen molar-refractivity contribution in [2.45, 2.75) is 30.6 Å². The van der Waals surface area contributed by atoms with Crippen molar-refractivity contribution < 1.29 is 0 Å². The third-order valence-electron chi connectivity index (χ3n) is 2.45. The van der Waals surface area contributed by atoms with E-state index in [0.717, 1.165) is 19.3 Å². The summed E-state index contributed by atoms with van der Waals surface area (Å²) in [6.45, 7) is 0. The van der Waals surface area contributed by atoms with Crippen molar-refractivity contribution in [2.24, 2.45) is 0 Å². The number of anilines is 2. The molecule has 0 amide bonds. The normalized spacial score (nSPS) is 26.6. The van der Waals surface area contributed by atoms with Crippen LogP contribution in [-0.4, -0.2) is 20.3 Å². The highest BCUT2D eigenvalue weighted by Gasteiger charge is 2.29. The van der Waals surface area contributed by atoms with Gasteiger partial charge in [0, 0.05) is 11.3 Å². The highest BCUT2D eigenvalue weighted by molar-refractivity contribution is 6.21. The fraction of sp³-hybridized carbons (Fsp3) is 0.625. The third-order valence-corrected chi connectivity index (χ3v) is 2.97. The Bertz CT molecular complexity index is 322. The number of hydrogen-bond donors (Lipinski definition) is 2. The van der Waals surface area contributed by atoms with Crippen LogP contribution in [0.2, 0.25) is 0 Å². The molecule has 0 radical (unpaired) electrons. The lowest BCUT2D eigenvalue weighted by Crippen LogP contribution is -2.13. The largest absolute Gasteiger partial charge is 0.368 e. The molecule has 14 heavy (non-hydrogen) atoms. The maximum absolute atomic E-state index is 6.14. The van der Waals surface area contributed by atoms with Gasteiger partial charge in [0.15, 0.2) is 0 Å². The van der Waals surface area contributed by atoms with Gasteiger partial charge in [-0.25, -0.2) is 0 Å². The van der Waals surface area contributed by atoms with Crippen molar-refractivity contribution in [3.63, 3.8) is 0 Å². The molecule has 2 atom stereocenters. The summed E-state index contributed by atoms with van der Waals surface area (Å²) in [5.74, 6) is 1.14. The van der Waals surface area contributed by atoms with Crippen LogP contribution in [0.15, 0.2) is 0 Å². The van der Waals surface area contributed by atoms with E-state index in [-0.39, 0.29) is 23.2 Å². The lowest BCUT2D eigenvalue weighted by atomic mass is 10.1. The average molecular weight is 214 g/mol. The molecule has 1 fully saturated rings. The molecule has 5 nitrogen and oxygen atoms in total. The summed E-state index contributed by atoms with van der Waals surface area (Å²) in [6, 6.07) is 0. The molecule has 1 aliphatic rings. The zero-order valence-electron chi connectivity index (χ0n) is 7.65. The Morgan fingerprint density at radius 3 is 2.21 bits per heavy atom. The van der Waals surface area contributed by atoms with E-state index >= 15 is 0 Å². The molecule has 4 N–H and O–H groups in total. The van der Waals surface area contributed by atoms with Crippen LogP contribution in [0.1, 0.15) is 31.0 Å². The van der Waals surface area contributed by atoms with E-state index in [1.54, 1.807) is 0 Å². The molecular formula is C8H12ClN5. The van der Waals surface area contributed by atoms with E-state index in [4.69, 9.17) is 23.1 Å². The first-order valence-corrected chi connectivity index (χ1v) is 5.01. The number of nitrogen functional groups attached to an aromatic ring is 2. The van der Waals surface area contributed by atoms with Gasteiger partial charge in [-0.15, -0.1) is 11.6 Å². The SMILES string of the molecule is Nc1nc(N)nc(C2CCCC2Cl)n1. The van der Waals surface area contributed by atoms with E-state index in [0.29, 0.717) is 5.82 Å². The number of aromatic nitrogens is 3. The Kier molecular flexibility index (Phi) is 2.41. The van der Waals surface area contributed by atoms with E-state index in [2.05, 4.69) is 15.0 Å². The summed E-state index contributed by atoms with van der Waals surface area (Å²) in [7, 11) is 0. The van der Waals surface area contributed by atoms with Crippen molar-refractivity contribution in [3.05, 3.63) is 5.82 Å². The topological polar surface area (TPSA) is 90.7 Å². The number of nitrogens with zero attached hydrogens (tertiary/aromatic N) is 3. The van der Waals surface area contributed by atoms with E-state index in [1.807, 2.05) is 0 Å². The maximum atomic E-state index is 6.14. The van der Waals surface area contributed by atoms with Crippen LogP contribution in [0.25, 0.3) is 0 Å². The first kappa shape index (κ1) is 9.45. The molecule has 0 aliphatic heterocycles. The summed E-state index contributed by atoms with van der Waals surface area (Å²) in [4.78, 5) is 11.8. The van der Waals surface area contributed by atoms with E-state index in [1.165, 1.54) is 0 Å². The monoisotopic (exact) mass is 213 g/mol. The second-order valence-corrected chi connectivity index (χ2v) is 4.02. The molecule has 6 heteroatoms. The van der Waals surface area contributed by atoms with Gasteiger partial charge in [-0.05, 0) is 12.8 Å². The Labute approximate surface area is 86.9 Å². The van der Waals surface area contributed by atoms with Crippen LogP contribution < -0.4 is 11.5 Å². The third kappa shape index (κ3) is 1.72. The van der Waals surface area contributed by atoms with Crippen LogP contribution in [-0.2, 0) is 0 Å². The van der Waals surface area contributed by atoms with Gasteiger partial charge in [-0.3, -0.25) is 0 Å². The number of rotatable bonds is 1. The molecule has 2 unspecified atom stereocenters. The van der Waals surface area contributed by atoms with Gasteiger partial charge in [0.2, 0.25) is 11.9 Å². The predicted octanol–water partition coefficient (Wildman–Crippen LogP) is 0.911. The van der Waals surface area contributed by atoms with E-state index in [9.17, 15) is 0 Å². The predicted molar refractivity (Wildman–Crippen MR) is 54.9 cm³/mol. The smallest absolute Gasteiger partial charge is 0.225 e. The number of nitrogens with two attached hydrogens (primary N) is 2. The molecule has 2 rings (SSSR count). The van der Waals surface area contributed by atoms with Gasteiger partial charge in [0.1, 0.15) is 5.82 Å². The Morgan fingerprint density at radius 2 is 1.71 bits per heavy atom. The maximum Gasteiger partial charge on any atom is 0.225 e. The lowest BCUT2D eigenvalue weighted by Gasteiger charge is -2.11. The van der Waals surface area contributed by atoms with E-state index < -0.39 is 0 Å². The van der Waals surface area contributed by atoms with Gasteiger partial charge in [0.25, 0.3) is 0 Å². The van der Waals surface area contributed by atoms with Crippen molar-refractivity contribution in [1.82, 2.24) is 15.0 Å². The minimum atomic E-state index is 0.0937. The summed E-state index contributed by atoms with van der Waals surface area (Å²) in [5.41, 5.74) is 11.0. The number of hydrogen-bond acceptors (Lipinski definition) is 5. The highest BCUT2D eigenvalue weighted by atomic mass is 35.5. The molecule has 0 spiro atoms. The Balaban J connectivity index is 2.31. The standard InChI is InChI=1S/C8H12ClN5/c9-5-3-1-2-4(5)6-12-7(10)14-8(11)13-6/h4-5H,1-3H2,(H4,10,11,12,13,14). The van der Waals surface area contributed by atoms with Crippen LogP contribution in [0.4, 0.5) is 11.9 Å². The van der Waals surface area contributed by atoms with Crippen molar-refractivity contribution in [1.29, 1.82) is 0 Å². The zero-order valence-corrected chi connectivity index (χ0v) is 8.41. The Morgan fingerprint density at radius 1 is 1.07 bits per heavy atom. The molecule has 0 aromatic carbocycles. The molecule has 1 aliphatic carbocycles. The second-order valence-electron chi connectivity index (χ2n) is 3.46. The van der Waals surface area contributed by atoms with Crippen molar-refractivity contribution in [3.8, 4) is 0 Å². The fourth-order valence-electron chi connectivity index (χ4n) is 1.80.